The molecule has 5 heteroatoms. The van der Waals surface area contributed by atoms with Crippen LogP contribution in [0.15, 0.2) is 21.3 Å². The molecular weight excluding hydrogens is 222 g/mol. The number of hydrogen-bond donors (Lipinski definition) is 0. The molecule has 0 aromatic rings. The monoisotopic (exact) mass is 237 g/mol. The number of carbonyl (C=O) groups excluding carboxylic acids is 1. The van der Waals surface area contributed by atoms with Crippen LogP contribution in [0.1, 0.15) is 19.8 Å². The van der Waals surface area contributed by atoms with E-state index in [9.17, 15) is 4.79 Å². The quantitative estimate of drug-likeness (QED) is 0.542. The predicted octanol–water partition coefficient (Wildman–Crippen LogP) is 1.68. The smallest absolute Gasteiger partial charge is 0.252 e. The highest BCUT2D eigenvalue weighted by Gasteiger charge is 2.38. The van der Waals surface area contributed by atoms with Crippen molar-refractivity contribution in [2.24, 2.45) is 9.98 Å². The third-order valence-electron chi connectivity index (χ3n) is 2.87. The van der Waals surface area contributed by atoms with Gasteiger partial charge in [0.25, 0.3) is 5.91 Å². The van der Waals surface area contributed by atoms with Crippen LogP contribution < -0.4 is 0 Å². The van der Waals surface area contributed by atoms with E-state index in [2.05, 4.69) is 16.7 Å². The van der Waals surface area contributed by atoms with Gasteiger partial charge in [0.2, 0.25) is 0 Å². The van der Waals surface area contributed by atoms with E-state index in [1.54, 1.807) is 0 Å². The molecule has 0 saturated heterocycles. The number of aliphatic imine (C=N–C) groups is 2. The number of thioether (sulfide) groups is 1. The Morgan fingerprint density at radius 3 is 2.75 bits per heavy atom. The largest absolute Gasteiger partial charge is 0.330 e. The zero-order chi connectivity index (χ0) is 11.7. The Labute approximate surface area is 99.5 Å². The van der Waals surface area contributed by atoms with Gasteiger partial charge in [0.05, 0.1) is 12.2 Å². The molecule has 0 aromatic heterocycles. The Kier molecular flexibility index (Phi) is 3.14. The van der Waals surface area contributed by atoms with Gasteiger partial charge in [0, 0.05) is 11.6 Å². The molecule has 0 unspecified atom stereocenters. The first-order chi connectivity index (χ1) is 7.67. The van der Waals surface area contributed by atoms with E-state index < -0.39 is 0 Å². The van der Waals surface area contributed by atoms with Crippen molar-refractivity contribution >= 4 is 29.6 Å². The molecule has 0 spiro atoms. The lowest BCUT2D eigenvalue weighted by atomic mass is 10.3. The van der Waals surface area contributed by atoms with E-state index in [-0.39, 0.29) is 5.91 Å². The van der Waals surface area contributed by atoms with Crippen LogP contribution in [-0.2, 0) is 4.79 Å². The van der Waals surface area contributed by atoms with E-state index in [0.29, 0.717) is 17.8 Å². The van der Waals surface area contributed by atoms with Crippen LogP contribution in [-0.4, -0.2) is 41.5 Å². The van der Waals surface area contributed by atoms with E-state index >= 15 is 0 Å². The lowest BCUT2D eigenvalue weighted by Gasteiger charge is -2.14. The number of carbonyl (C=O) groups is 1. The van der Waals surface area contributed by atoms with Crippen LogP contribution >= 0.6 is 11.8 Å². The van der Waals surface area contributed by atoms with Crippen LogP contribution in [0.3, 0.4) is 0 Å². The van der Waals surface area contributed by atoms with Crippen LogP contribution in [0.2, 0.25) is 0 Å². The average molecular weight is 237 g/mol. The molecule has 16 heavy (non-hydrogen) atoms. The summed E-state index contributed by atoms with van der Waals surface area (Å²) in [5.41, 5.74) is 1.59. The maximum atomic E-state index is 11.9. The zero-order valence-electron chi connectivity index (χ0n) is 9.56. The number of amides is 1. The Balaban J connectivity index is 2.18. The second kappa shape index (κ2) is 4.41. The molecule has 1 amide bonds. The maximum Gasteiger partial charge on any atom is 0.252 e. The summed E-state index contributed by atoms with van der Waals surface area (Å²) < 4.78 is 0. The topological polar surface area (TPSA) is 45.0 Å². The first-order valence-electron chi connectivity index (χ1n) is 5.27. The van der Waals surface area contributed by atoms with Crippen molar-refractivity contribution in [3.63, 3.8) is 0 Å². The summed E-state index contributed by atoms with van der Waals surface area (Å²) in [5, 5.41) is 0.625. The fourth-order valence-corrected chi connectivity index (χ4v) is 2.08. The fourth-order valence-electron chi connectivity index (χ4n) is 1.75. The normalized spacial score (nSPS) is 22.0. The third-order valence-corrected chi connectivity index (χ3v) is 3.46. The van der Waals surface area contributed by atoms with Crippen molar-refractivity contribution in [2.75, 3.05) is 12.8 Å². The standard InChI is InChI=1S/C11H15N3OS/c1-7-9(13-11(12-2)16-3)6-14(10(7)15)8-4-5-8/h8H,2,4-6H2,1,3H3/b13-11+. The Bertz CT molecular complexity index is 396. The summed E-state index contributed by atoms with van der Waals surface area (Å²) >= 11 is 1.44. The summed E-state index contributed by atoms with van der Waals surface area (Å²) in [6, 6.07) is 0.449. The van der Waals surface area contributed by atoms with Gasteiger partial charge in [-0.15, -0.1) is 0 Å². The van der Waals surface area contributed by atoms with E-state index in [1.165, 1.54) is 11.8 Å². The van der Waals surface area contributed by atoms with Crippen LogP contribution in [0, 0.1) is 0 Å². The molecule has 86 valence electrons. The van der Waals surface area contributed by atoms with Gasteiger partial charge in [-0.05, 0) is 32.7 Å². The lowest BCUT2D eigenvalue weighted by molar-refractivity contribution is -0.125. The third kappa shape index (κ3) is 2.04. The van der Waals surface area contributed by atoms with Crippen molar-refractivity contribution < 1.29 is 4.79 Å². The van der Waals surface area contributed by atoms with E-state index in [1.807, 2.05) is 18.1 Å². The van der Waals surface area contributed by atoms with E-state index in [4.69, 9.17) is 0 Å². The highest BCUT2D eigenvalue weighted by Crippen LogP contribution is 2.33. The van der Waals surface area contributed by atoms with Gasteiger partial charge in [0.1, 0.15) is 0 Å². The van der Waals surface area contributed by atoms with Crippen molar-refractivity contribution in [1.82, 2.24) is 4.90 Å². The minimum Gasteiger partial charge on any atom is -0.330 e. The average Bonchev–Trinajstić information content (AvgIpc) is 3.08. The highest BCUT2D eigenvalue weighted by atomic mass is 32.2. The first kappa shape index (κ1) is 11.4. The summed E-state index contributed by atoms with van der Waals surface area (Å²) in [7, 11) is 0. The van der Waals surface area contributed by atoms with Crippen molar-refractivity contribution in [3.8, 4) is 0 Å². The van der Waals surface area contributed by atoms with Gasteiger partial charge in [-0.2, -0.15) is 0 Å². The van der Waals surface area contributed by atoms with Gasteiger partial charge in [-0.3, -0.25) is 4.79 Å². The van der Waals surface area contributed by atoms with Crippen molar-refractivity contribution in [2.45, 2.75) is 25.8 Å². The molecule has 2 aliphatic rings. The number of nitrogens with zero attached hydrogens (tertiary/aromatic N) is 3. The summed E-state index contributed by atoms with van der Waals surface area (Å²) in [6.45, 7) is 5.93. The summed E-state index contributed by atoms with van der Waals surface area (Å²) in [6.07, 6.45) is 4.16. The molecule has 1 aliphatic carbocycles. The summed E-state index contributed by atoms with van der Waals surface area (Å²) in [5.74, 6) is 0.130. The van der Waals surface area contributed by atoms with Crippen molar-refractivity contribution in [3.05, 3.63) is 11.3 Å². The Hall–Kier alpha value is -1.10. The number of hydrogen-bond acceptors (Lipinski definition) is 3. The predicted molar refractivity (Wildman–Crippen MR) is 67.9 cm³/mol. The second-order valence-corrected chi connectivity index (χ2v) is 4.77. The van der Waals surface area contributed by atoms with Gasteiger partial charge < -0.3 is 4.90 Å². The Morgan fingerprint density at radius 2 is 2.25 bits per heavy atom. The fraction of sp³-hybridized carbons (Fsp3) is 0.545. The molecule has 0 N–H and O–H groups in total. The molecule has 1 saturated carbocycles. The molecule has 1 fully saturated rings. The molecule has 1 heterocycles. The molecule has 0 aromatic carbocycles. The lowest BCUT2D eigenvalue weighted by Crippen LogP contribution is -2.28. The highest BCUT2D eigenvalue weighted by molar-refractivity contribution is 8.13. The molecule has 0 atom stereocenters. The van der Waals surface area contributed by atoms with Gasteiger partial charge in [0.15, 0.2) is 5.17 Å². The zero-order valence-corrected chi connectivity index (χ0v) is 10.4. The van der Waals surface area contributed by atoms with Crippen LogP contribution in [0.5, 0.6) is 0 Å². The minimum atomic E-state index is 0.130. The first-order valence-corrected chi connectivity index (χ1v) is 6.50. The van der Waals surface area contributed by atoms with Crippen molar-refractivity contribution in [1.29, 1.82) is 0 Å². The maximum absolute atomic E-state index is 11.9. The SMILES string of the molecule is C=N/C(=N\C1=C(C)C(=O)N(C2CC2)C1)SC. The summed E-state index contributed by atoms with van der Waals surface area (Å²) in [4.78, 5) is 22.0. The minimum absolute atomic E-state index is 0.130. The van der Waals surface area contributed by atoms with Gasteiger partial charge in [-0.1, -0.05) is 11.8 Å². The van der Waals surface area contributed by atoms with Gasteiger partial charge in [-0.25, -0.2) is 9.98 Å². The molecule has 2 rings (SSSR count). The Morgan fingerprint density at radius 1 is 1.56 bits per heavy atom. The molecule has 0 bridgehead atoms. The molecule has 0 radical (unpaired) electrons. The van der Waals surface area contributed by atoms with Crippen LogP contribution in [0.25, 0.3) is 0 Å². The number of rotatable bonds is 2. The number of amidine groups is 1. The van der Waals surface area contributed by atoms with E-state index in [0.717, 1.165) is 24.1 Å². The molecule has 4 nitrogen and oxygen atoms in total. The van der Waals surface area contributed by atoms with Crippen LogP contribution in [0.4, 0.5) is 0 Å². The van der Waals surface area contributed by atoms with Gasteiger partial charge >= 0.3 is 0 Å². The molecule has 1 aliphatic heterocycles. The molecular formula is C11H15N3OS. The second-order valence-electron chi connectivity index (χ2n) is 3.99.